The maximum absolute atomic E-state index is 12.8. The maximum Gasteiger partial charge on any atom is 0.123 e. The quantitative estimate of drug-likeness (QED) is 0.612. The molecule has 0 saturated carbocycles. The van der Waals surface area contributed by atoms with Crippen LogP contribution in [0, 0.1) is 18.8 Å². The van der Waals surface area contributed by atoms with E-state index >= 15 is 0 Å². The Labute approximate surface area is 78.1 Å². The average molecular weight is 175 g/mol. The Morgan fingerprint density at radius 2 is 2.23 bits per heavy atom. The normalized spacial score (nSPS) is 16.0. The van der Waals surface area contributed by atoms with Crippen LogP contribution in [-0.4, -0.2) is 0 Å². The Kier molecular flexibility index (Phi) is 2.17. The SMILES string of the molecule is Cc1cc(F)ccc1C1=[C]CCC1. The predicted molar refractivity (Wildman–Crippen MR) is 51.6 cm³/mol. The molecule has 1 radical (unpaired) electrons. The van der Waals surface area contributed by atoms with Crippen LogP contribution < -0.4 is 0 Å². The van der Waals surface area contributed by atoms with E-state index in [0.717, 1.165) is 18.4 Å². The van der Waals surface area contributed by atoms with Crippen molar-refractivity contribution >= 4 is 5.57 Å². The first-order chi connectivity index (χ1) is 6.27. The van der Waals surface area contributed by atoms with Crippen LogP contribution >= 0.6 is 0 Å². The molecular weight excluding hydrogens is 163 g/mol. The van der Waals surface area contributed by atoms with Crippen molar-refractivity contribution in [3.05, 3.63) is 41.2 Å². The van der Waals surface area contributed by atoms with E-state index in [2.05, 4.69) is 6.08 Å². The van der Waals surface area contributed by atoms with Gasteiger partial charge in [-0.25, -0.2) is 4.39 Å². The second kappa shape index (κ2) is 3.33. The van der Waals surface area contributed by atoms with Gasteiger partial charge in [0.25, 0.3) is 0 Å². The molecule has 0 aromatic heterocycles. The Morgan fingerprint density at radius 1 is 1.38 bits per heavy atom. The highest BCUT2D eigenvalue weighted by molar-refractivity contribution is 5.67. The van der Waals surface area contributed by atoms with Crippen molar-refractivity contribution in [2.45, 2.75) is 26.2 Å². The predicted octanol–water partition coefficient (Wildman–Crippen LogP) is 3.50. The summed E-state index contributed by atoms with van der Waals surface area (Å²) in [6.07, 6.45) is 6.65. The lowest BCUT2D eigenvalue weighted by atomic mass is 10.0. The van der Waals surface area contributed by atoms with Gasteiger partial charge < -0.3 is 0 Å². The van der Waals surface area contributed by atoms with Crippen LogP contribution in [0.25, 0.3) is 5.57 Å². The first-order valence-electron chi connectivity index (χ1n) is 4.63. The third kappa shape index (κ3) is 1.64. The summed E-state index contributed by atoms with van der Waals surface area (Å²) < 4.78 is 12.8. The summed E-state index contributed by atoms with van der Waals surface area (Å²) in [5.74, 6) is -0.153. The summed E-state index contributed by atoms with van der Waals surface area (Å²) in [4.78, 5) is 0. The molecule has 1 aliphatic rings. The van der Waals surface area contributed by atoms with Crippen LogP contribution in [0.2, 0.25) is 0 Å². The van der Waals surface area contributed by atoms with Gasteiger partial charge >= 0.3 is 0 Å². The average Bonchev–Trinajstić information content (AvgIpc) is 2.56. The molecule has 0 spiro atoms. The highest BCUT2D eigenvalue weighted by Gasteiger charge is 2.09. The van der Waals surface area contributed by atoms with Crippen LogP contribution in [0.3, 0.4) is 0 Å². The van der Waals surface area contributed by atoms with Gasteiger partial charge in [0.2, 0.25) is 0 Å². The van der Waals surface area contributed by atoms with Crippen molar-refractivity contribution in [1.82, 2.24) is 0 Å². The molecule has 0 atom stereocenters. The fraction of sp³-hybridized carbons (Fsp3) is 0.333. The molecule has 1 aromatic rings. The fourth-order valence-electron chi connectivity index (χ4n) is 1.79. The van der Waals surface area contributed by atoms with E-state index in [0.29, 0.717) is 0 Å². The van der Waals surface area contributed by atoms with Gasteiger partial charge in [0.05, 0.1) is 0 Å². The molecule has 0 fully saturated rings. The highest BCUT2D eigenvalue weighted by Crippen LogP contribution is 2.29. The Hall–Kier alpha value is -1.11. The topological polar surface area (TPSA) is 0 Å². The lowest BCUT2D eigenvalue weighted by Gasteiger charge is -2.05. The summed E-state index contributed by atoms with van der Waals surface area (Å²) in [5.41, 5.74) is 3.45. The molecule has 0 amide bonds. The maximum atomic E-state index is 12.8. The van der Waals surface area contributed by atoms with Gasteiger partial charge in [-0.15, -0.1) is 0 Å². The largest absolute Gasteiger partial charge is 0.207 e. The Balaban J connectivity index is 2.40. The van der Waals surface area contributed by atoms with Gasteiger partial charge in [-0.2, -0.15) is 0 Å². The molecule has 67 valence electrons. The molecule has 2 rings (SSSR count). The number of allylic oxidation sites excluding steroid dienone is 2. The number of benzene rings is 1. The first kappa shape index (κ1) is 8.49. The smallest absolute Gasteiger partial charge is 0.123 e. The van der Waals surface area contributed by atoms with E-state index in [1.807, 2.05) is 13.0 Å². The zero-order chi connectivity index (χ0) is 9.26. The summed E-state index contributed by atoms with van der Waals surface area (Å²) in [5, 5.41) is 0. The van der Waals surface area contributed by atoms with Crippen molar-refractivity contribution in [2.75, 3.05) is 0 Å². The van der Waals surface area contributed by atoms with Crippen molar-refractivity contribution in [3.63, 3.8) is 0 Å². The van der Waals surface area contributed by atoms with E-state index in [-0.39, 0.29) is 5.82 Å². The van der Waals surface area contributed by atoms with Crippen molar-refractivity contribution < 1.29 is 4.39 Å². The van der Waals surface area contributed by atoms with Crippen LogP contribution in [0.1, 0.15) is 30.4 Å². The minimum Gasteiger partial charge on any atom is -0.207 e. The van der Waals surface area contributed by atoms with Crippen LogP contribution in [0.5, 0.6) is 0 Å². The molecule has 0 bridgehead atoms. The van der Waals surface area contributed by atoms with E-state index in [1.54, 1.807) is 6.07 Å². The summed E-state index contributed by atoms with van der Waals surface area (Å²) >= 11 is 0. The molecule has 0 heterocycles. The fourth-order valence-corrected chi connectivity index (χ4v) is 1.79. The molecule has 1 heteroatoms. The van der Waals surface area contributed by atoms with E-state index in [4.69, 9.17) is 0 Å². The first-order valence-corrected chi connectivity index (χ1v) is 4.63. The lowest BCUT2D eigenvalue weighted by Crippen LogP contribution is -1.87. The monoisotopic (exact) mass is 175 g/mol. The van der Waals surface area contributed by atoms with Crippen LogP contribution in [-0.2, 0) is 0 Å². The molecule has 0 nitrogen and oxygen atoms in total. The summed E-state index contributed by atoms with van der Waals surface area (Å²) in [7, 11) is 0. The number of halogens is 1. The highest BCUT2D eigenvalue weighted by atomic mass is 19.1. The molecule has 0 aliphatic heterocycles. The standard InChI is InChI=1S/C12H12F/c1-9-8-11(13)6-7-12(9)10-4-2-3-5-10/h6-8H,2-4H2,1H3. The second-order valence-corrected chi connectivity index (χ2v) is 3.47. The van der Waals surface area contributed by atoms with E-state index < -0.39 is 0 Å². The van der Waals surface area contributed by atoms with Gasteiger partial charge in [-0.05, 0) is 61.1 Å². The molecular formula is C12H12F. The summed E-state index contributed by atoms with van der Waals surface area (Å²) in [6.45, 7) is 1.95. The molecule has 1 aliphatic carbocycles. The Bertz CT molecular complexity index is 350. The van der Waals surface area contributed by atoms with Gasteiger partial charge in [-0.3, -0.25) is 0 Å². The van der Waals surface area contributed by atoms with Crippen molar-refractivity contribution in [3.8, 4) is 0 Å². The zero-order valence-corrected chi connectivity index (χ0v) is 7.73. The zero-order valence-electron chi connectivity index (χ0n) is 7.73. The van der Waals surface area contributed by atoms with Gasteiger partial charge in [-0.1, -0.05) is 6.07 Å². The van der Waals surface area contributed by atoms with Crippen LogP contribution in [0.15, 0.2) is 18.2 Å². The molecule has 0 N–H and O–H groups in total. The third-order valence-corrected chi connectivity index (χ3v) is 2.46. The molecule has 13 heavy (non-hydrogen) atoms. The van der Waals surface area contributed by atoms with Gasteiger partial charge in [0.15, 0.2) is 0 Å². The number of rotatable bonds is 1. The van der Waals surface area contributed by atoms with Crippen LogP contribution in [0.4, 0.5) is 4.39 Å². The van der Waals surface area contributed by atoms with E-state index in [1.165, 1.54) is 23.6 Å². The minimum absolute atomic E-state index is 0.153. The minimum atomic E-state index is -0.153. The second-order valence-electron chi connectivity index (χ2n) is 3.47. The molecule has 1 aromatic carbocycles. The number of hydrogen-bond donors (Lipinski definition) is 0. The number of hydrogen-bond acceptors (Lipinski definition) is 0. The molecule has 0 saturated heterocycles. The lowest BCUT2D eigenvalue weighted by molar-refractivity contribution is 0.626. The third-order valence-electron chi connectivity index (χ3n) is 2.46. The number of aryl methyl sites for hydroxylation is 1. The van der Waals surface area contributed by atoms with Gasteiger partial charge in [0.1, 0.15) is 5.82 Å². The Morgan fingerprint density at radius 3 is 2.85 bits per heavy atom. The van der Waals surface area contributed by atoms with Crippen molar-refractivity contribution in [2.24, 2.45) is 0 Å². The van der Waals surface area contributed by atoms with Gasteiger partial charge in [0, 0.05) is 0 Å². The van der Waals surface area contributed by atoms with E-state index in [9.17, 15) is 4.39 Å². The summed E-state index contributed by atoms with van der Waals surface area (Å²) in [6, 6.07) is 4.97. The van der Waals surface area contributed by atoms with Crippen molar-refractivity contribution in [1.29, 1.82) is 0 Å². The molecule has 0 unspecified atom stereocenters.